The molecule has 0 aromatic heterocycles. The molecule has 0 saturated carbocycles. The van der Waals surface area contributed by atoms with Crippen LogP contribution in [0.2, 0.25) is 18.1 Å². The molecule has 0 aliphatic rings. The number of allylic oxidation sites excluding steroid dienone is 2. The van der Waals surface area contributed by atoms with Gasteiger partial charge in [-0.15, -0.1) is 13.2 Å². The molecule has 0 aromatic rings. The molecule has 0 aliphatic heterocycles. The van der Waals surface area contributed by atoms with Crippen LogP contribution in [-0.4, -0.2) is 7.38 Å². The minimum atomic E-state index is -1.43. The lowest BCUT2D eigenvalue weighted by molar-refractivity contribution is 0.627. The SMILES string of the molecule is C=CCCCCCCC[Si](Cl)(CC)CCCCCCCC=C. The van der Waals surface area contributed by atoms with Gasteiger partial charge in [0.15, 0.2) is 7.38 Å². The van der Waals surface area contributed by atoms with Crippen molar-refractivity contribution in [3.63, 3.8) is 0 Å². The first-order valence-electron chi connectivity index (χ1n) is 9.59. The molecule has 0 aromatic carbocycles. The van der Waals surface area contributed by atoms with Crippen LogP contribution in [0.3, 0.4) is 0 Å². The third-order valence-electron chi connectivity index (χ3n) is 4.70. The van der Waals surface area contributed by atoms with E-state index in [0.717, 1.165) is 0 Å². The third-order valence-corrected chi connectivity index (χ3v) is 10.4. The Bertz CT molecular complexity index is 240. The summed E-state index contributed by atoms with van der Waals surface area (Å²) in [5.41, 5.74) is 0. The Kier molecular flexibility index (Phi) is 15.9. The van der Waals surface area contributed by atoms with E-state index in [1.807, 2.05) is 12.2 Å². The van der Waals surface area contributed by atoms with Gasteiger partial charge in [-0.2, -0.15) is 11.1 Å². The van der Waals surface area contributed by atoms with Gasteiger partial charge in [0.25, 0.3) is 0 Å². The van der Waals surface area contributed by atoms with Gasteiger partial charge in [0, 0.05) is 0 Å². The summed E-state index contributed by atoms with van der Waals surface area (Å²) in [5, 5.41) is 0. The summed E-state index contributed by atoms with van der Waals surface area (Å²) < 4.78 is 0. The van der Waals surface area contributed by atoms with Gasteiger partial charge in [-0.1, -0.05) is 70.4 Å². The van der Waals surface area contributed by atoms with Crippen molar-refractivity contribution in [2.75, 3.05) is 0 Å². The molecule has 0 N–H and O–H groups in total. The Morgan fingerprint density at radius 2 is 1.05 bits per heavy atom. The molecule has 0 spiro atoms. The number of unbranched alkanes of at least 4 members (excludes halogenated alkanes) is 10. The Morgan fingerprint density at radius 3 is 1.41 bits per heavy atom. The van der Waals surface area contributed by atoms with Crippen molar-refractivity contribution >= 4 is 18.5 Å². The van der Waals surface area contributed by atoms with Crippen LogP contribution in [0, 0.1) is 0 Å². The highest BCUT2D eigenvalue weighted by Crippen LogP contribution is 2.30. The van der Waals surface area contributed by atoms with Gasteiger partial charge in [-0.25, -0.2) is 0 Å². The van der Waals surface area contributed by atoms with Gasteiger partial charge in [0.2, 0.25) is 0 Å². The average Bonchev–Trinajstić information content (AvgIpc) is 2.53. The van der Waals surface area contributed by atoms with Crippen LogP contribution in [0.25, 0.3) is 0 Å². The highest BCUT2D eigenvalue weighted by Gasteiger charge is 2.27. The van der Waals surface area contributed by atoms with E-state index in [-0.39, 0.29) is 0 Å². The maximum absolute atomic E-state index is 6.96. The van der Waals surface area contributed by atoms with Crippen LogP contribution in [0.1, 0.15) is 84.0 Å². The fourth-order valence-corrected chi connectivity index (χ4v) is 6.53. The van der Waals surface area contributed by atoms with E-state index >= 15 is 0 Å². The lowest BCUT2D eigenvalue weighted by atomic mass is 10.1. The zero-order valence-electron chi connectivity index (χ0n) is 15.1. The van der Waals surface area contributed by atoms with Crippen LogP contribution in [0.4, 0.5) is 0 Å². The molecule has 0 aliphatic carbocycles. The van der Waals surface area contributed by atoms with Crippen LogP contribution >= 0.6 is 11.1 Å². The first-order valence-corrected chi connectivity index (χ1v) is 13.2. The molecule has 0 amide bonds. The van der Waals surface area contributed by atoms with Crippen molar-refractivity contribution < 1.29 is 0 Å². The summed E-state index contributed by atoms with van der Waals surface area (Å²) in [6, 6.07) is 3.92. The Labute approximate surface area is 146 Å². The molecule has 0 radical (unpaired) electrons. The van der Waals surface area contributed by atoms with Crippen molar-refractivity contribution in [2.45, 2.75) is 102 Å². The molecule has 130 valence electrons. The highest BCUT2D eigenvalue weighted by molar-refractivity contribution is 7.20. The van der Waals surface area contributed by atoms with Gasteiger partial charge in [-0.05, 0) is 43.8 Å². The Hall–Kier alpha value is -0.0131. The second-order valence-corrected chi connectivity index (χ2v) is 13.1. The van der Waals surface area contributed by atoms with Crippen molar-refractivity contribution in [3.05, 3.63) is 25.3 Å². The first-order chi connectivity index (χ1) is 10.7. The number of hydrogen-bond acceptors (Lipinski definition) is 0. The van der Waals surface area contributed by atoms with E-state index < -0.39 is 7.38 Å². The van der Waals surface area contributed by atoms with Gasteiger partial charge in [-0.3, -0.25) is 0 Å². The van der Waals surface area contributed by atoms with E-state index in [9.17, 15) is 0 Å². The summed E-state index contributed by atoms with van der Waals surface area (Å²) >= 11 is 6.96. The molecule has 0 heterocycles. The van der Waals surface area contributed by atoms with Crippen LogP contribution in [0.15, 0.2) is 25.3 Å². The Balaban J connectivity index is 3.58. The summed E-state index contributed by atoms with van der Waals surface area (Å²) in [6.45, 7) is 9.87. The molecule has 0 nitrogen and oxygen atoms in total. The molecular weight excluding hydrogens is 304 g/mol. The minimum Gasteiger partial charge on any atom is -0.167 e. The molecule has 0 fully saturated rings. The fourth-order valence-electron chi connectivity index (χ4n) is 3.00. The van der Waals surface area contributed by atoms with Crippen LogP contribution in [0.5, 0.6) is 0 Å². The first kappa shape index (κ1) is 22.0. The maximum Gasteiger partial charge on any atom is 0.156 e. The standard InChI is InChI=1S/C20H39ClSi/c1-4-7-9-11-13-15-17-19-22(21,6-3)20-18-16-14-12-10-8-5-2/h4-5H,1-2,6-20H2,3H3. The van der Waals surface area contributed by atoms with Crippen molar-refractivity contribution in [3.8, 4) is 0 Å². The molecule has 0 unspecified atom stereocenters. The van der Waals surface area contributed by atoms with Crippen molar-refractivity contribution in [2.24, 2.45) is 0 Å². The van der Waals surface area contributed by atoms with E-state index in [2.05, 4.69) is 20.1 Å². The number of rotatable bonds is 17. The summed E-state index contributed by atoms with van der Waals surface area (Å²) in [6.07, 6.45) is 20.0. The zero-order valence-corrected chi connectivity index (χ0v) is 16.8. The van der Waals surface area contributed by atoms with Crippen LogP contribution < -0.4 is 0 Å². The monoisotopic (exact) mass is 342 g/mol. The van der Waals surface area contributed by atoms with Crippen molar-refractivity contribution in [1.29, 1.82) is 0 Å². The molecule has 0 atom stereocenters. The summed E-state index contributed by atoms with van der Waals surface area (Å²) in [4.78, 5) is 0. The van der Waals surface area contributed by atoms with E-state index in [4.69, 9.17) is 11.1 Å². The molecule has 0 rings (SSSR count). The highest BCUT2D eigenvalue weighted by atomic mass is 35.6. The van der Waals surface area contributed by atoms with Gasteiger partial charge in [0.05, 0.1) is 0 Å². The largest absolute Gasteiger partial charge is 0.167 e. The topological polar surface area (TPSA) is 0 Å². The molecule has 0 bridgehead atoms. The summed E-state index contributed by atoms with van der Waals surface area (Å²) in [5.74, 6) is 0. The normalized spacial score (nSPS) is 11.5. The lowest BCUT2D eigenvalue weighted by Gasteiger charge is -2.23. The molecule has 22 heavy (non-hydrogen) atoms. The second kappa shape index (κ2) is 15.9. The molecular formula is C20H39ClSi. The number of hydrogen-bond donors (Lipinski definition) is 0. The molecule has 2 heteroatoms. The minimum absolute atomic E-state index is 1.18. The predicted molar refractivity (Wildman–Crippen MR) is 108 cm³/mol. The smallest absolute Gasteiger partial charge is 0.156 e. The summed E-state index contributed by atoms with van der Waals surface area (Å²) in [7, 11) is -1.43. The number of halogens is 1. The molecule has 0 saturated heterocycles. The van der Waals surface area contributed by atoms with Gasteiger partial charge < -0.3 is 0 Å². The van der Waals surface area contributed by atoms with Gasteiger partial charge >= 0.3 is 0 Å². The van der Waals surface area contributed by atoms with Crippen LogP contribution in [-0.2, 0) is 0 Å². The quantitative estimate of drug-likeness (QED) is 0.108. The second-order valence-electron chi connectivity index (χ2n) is 6.69. The maximum atomic E-state index is 6.96. The van der Waals surface area contributed by atoms with E-state index in [0.29, 0.717) is 0 Å². The van der Waals surface area contributed by atoms with E-state index in [1.54, 1.807) is 0 Å². The van der Waals surface area contributed by atoms with Gasteiger partial charge in [0.1, 0.15) is 0 Å². The fraction of sp³-hybridized carbons (Fsp3) is 0.800. The zero-order chi connectivity index (χ0) is 16.5. The average molecular weight is 343 g/mol. The van der Waals surface area contributed by atoms with Crippen molar-refractivity contribution in [1.82, 2.24) is 0 Å². The van der Waals surface area contributed by atoms with E-state index in [1.165, 1.54) is 95.2 Å². The Morgan fingerprint density at radius 1 is 0.682 bits per heavy atom. The predicted octanol–water partition coefficient (Wildman–Crippen LogP) is 8.24. The lowest BCUT2D eigenvalue weighted by Crippen LogP contribution is -2.25. The third kappa shape index (κ3) is 13.6.